The van der Waals surface area contributed by atoms with Crippen molar-refractivity contribution >= 4 is 0 Å². The molecular weight excluding hydrogens is 324 g/mol. The third kappa shape index (κ3) is 5.61. The van der Waals surface area contributed by atoms with Crippen LogP contribution in [-0.4, -0.2) is 0 Å². The summed E-state index contributed by atoms with van der Waals surface area (Å²) in [6.45, 7) is 19.3. The van der Waals surface area contributed by atoms with Crippen molar-refractivity contribution in [3.8, 4) is 0 Å². The average molecular weight is 371 g/mol. The molecule has 0 N–H and O–H groups in total. The van der Waals surface area contributed by atoms with Crippen molar-refractivity contribution in [2.75, 3.05) is 0 Å². The lowest BCUT2D eigenvalue weighted by molar-refractivity contribution is 0.196. The van der Waals surface area contributed by atoms with Crippen LogP contribution < -0.4 is 0 Å². The first kappa shape index (κ1) is 22.5. The smallest absolute Gasteiger partial charge is 0.0103 e. The van der Waals surface area contributed by atoms with Crippen LogP contribution in [-0.2, 0) is 5.41 Å². The van der Waals surface area contributed by atoms with Gasteiger partial charge in [-0.15, -0.1) is 0 Å². The predicted molar refractivity (Wildman–Crippen MR) is 122 cm³/mol. The predicted octanol–water partition coefficient (Wildman–Crippen LogP) is 8.73. The van der Waals surface area contributed by atoms with Gasteiger partial charge in [-0.05, 0) is 84.5 Å². The Balaban J connectivity index is 2.27. The van der Waals surface area contributed by atoms with Crippen LogP contribution in [0.25, 0.3) is 0 Å². The molecule has 0 amide bonds. The van der Waals surface area contributed by atoms with E-state index in [-0.39, 0.29) is 0 Å². The second-order valence-corrected chi connectivity index (χ2v) is 10.7. The van der Waals surface area contributed by atoms with Crippen molar-refractivity contribution in [3.63, 3.8) is 0 Å². The van der Waals surface area contributed by atoms with Gasteiger partial charge in [0.15, 0.2) is 0 Å². The maximum absolute atomic E-state index is 2.54. The Bertz CT molecular complexity index is 569. The van der Waals surface area contributed by atoms with Gasteiger partial charge in [0.05, 0.1) is 0 Å². The third-order valence-corrected chi connectivity index (χ3v) is 7.42. The van der Waals surface area contributed by atoms with E-state index >= 15 is 0 Å². The Labute approximate surface area is 170 Å². The first-order chi connectivity index (χ1) is 12.7. The van der Waals surface area contributed by atoms with Gasteiger partial charge in [0.25, 0.3) is 0 Å². The van der Waals surface area contributed by atoms with E-state index in [1.165, 1.54) is 51.4 Å². The summed E-state index contributed by atoms with van der Waals surface area (Å²) >= 11 is 0. The molecule has 0 saturated heterocycles. The fourth-order valence-corrected chi connectivity index (χ4v) is 5.62. The van der Waals surface area contributed by atoms with Gasteiger partial charge in [0, 0.05) is 0 Å². The number of unbranched alkanes of at least 4 members (excludes halogenated alkanes) is 3. The van der Waals surface area contributed by atoms with Crippen molar-refractivity contribution < 1.29 is 0 Å². The summed E-state index contributed by atoms with van der Waals surface area (Å²) in [6.07, 6.45) is 11.0. The quantitative estimate of drug-likeness (QED) is 0.401. The highest BCUT2D eigenvalue weighted by Crippen LogP contribution is 2.46. The Morgan fingerprint density at radius 3 is 2.19 bits per heavy atom. The molecule has 1 aromatic carbocycles. The van der Waals surface area contributed by atoms with Crippen LogP contribution in [0.15, 0.2) is 12.1 Å². The molecular formula is C27H46. The highest BCUT2D eigenvalue weighted by molar-refractivity contribution is 5.43. The fraction of sp³-hybridized carbons (Fsp3) is 0.778. The van der Waals surface area contributed by atoms with Crippen LogP contribution in [0.1, 0.15) is 121 Å². The zero-order valence-corrected chi connectivity index (χ0v) is 19.6. The number of rotatable bonds is 8. The summed E-state index contributed by atoms with van der Waals surface area (Å²) < 4.78 is 0. The summed E-state index contributed by atoms with van der Waals surface area (Å²) in [6, 6.07) is 5.08. The van der Waals surface area contributed by atoms with E-state index in [0.29, 0.717) is 5.41 Å². The molecule has 1 unspecified atom stereocenters. The molecule has 0 aromatic heterocycles. The molecule has 0 bridgehead atoms. The maximum Gasteiger partial charge on any atom is -0.0103 e. The SMILES string of the molecule is CCCCCCC(C)(C)c1cc(C)c([C@@H]2CC(C)CC[C@H]2C(C)C)c(C)c1. The third-order valence-electron chi connectivity index (χ3n) is 7.42. The molecule has 1 aliphatic carbocycles. The summed E-state index contributed by atoms with van der Waals surface area (Å²) in [7, 11) is 0. The standard InChI is InChI=1S/C27H46/c1-9-10-11-12-15-27(7,8)23-17-21(5)26(22(6)18-23)25-16-20(4)13-14-24(25)19(2)3/h17-20,24-25H,9-16H2,1-8H3/t20?,24-,25+/m0/s1. The van der Waals surface area contributed by atoms with Crippen LogP contribution in [0.3, 0.4) is 0 Å². The zero-order valence-electron chi connectivity index (χ0n) is 19.6. The van der Waals surface area contributed by atoms with Gasteiger partial charge < -0.3 is 0 Å². The molecule has 0 nitrogen and oxygen atoms in total. The molecule has 1 saturated carbocycles. The molecule has 0 radical (unpaired) electrons. The molecule has 154 valence electrons. The second-order valence-electron chi connectivity index (χ2n) is 10.7. The topological polar surface area (TPSA) is 0 Å². The highest BCUT2D eigenvalue weighted by atomic mass is 14.4. The minimum absolute atomic E-state index is 0.291. The minimum Gasteiger partial charge on any atom is -0.0654 e. The first-order valence-electron chi connectivity index (χ1n) is 11.8. The van der Waals surface area contributed by atoms with Crippen LogP contribution in [0.5, 0.6) is 0 Å². The van der Waals surface area contributed by atoms with Gasteiger partial charge in [-0.2, -0.15) is 0 Å². The summed E-state index contributed by atoms with van der Waals surface area (Å²) in [5.41, 5.74) is 6.64. The van der Waals surface area contributed by atoms with Crippen LogP contribution >= 0.6 is 0 Å². The van der Waals surface area contributed by atoms with Gasteiger partial charge in [0.2, 0.25) is 0 Å². The fourth-order valence-electron chi connectivity index (χ4n) is 5.62. The van der Waals surface area contributed by atoms with Crippen molar-refractivity contribution in [1.29, 1.82) is 0 Å². The monoisotopic (exact) mass is 370 g/mol. The molecule has 0 heteroatoms. The van der Waals surface area contributed by atoms with E-state index in [4.69, 9.17) is 0 Å². The van der Waals surface area contributed by atoms with Crippen LogP contribution in [0.2, 0.25) is 0 Å². The van der Waals surface area contributed by atoms with Gasteiger partial charge >= 0.3 is 0 Å². The zero-order chi connectivity index (χ0) is 20.2. The molecule has 0 heterocycles. The van der Waals surface area contributed by atoms with Crippen molar-refractivity contribution in [3.05, 3.63) is 34.4 Å². The van der Waals surface area contributed by atoms with Crippen molar-refractivity contribution in [1.82, 2.24) is 0 Å². The lowest BCUT2D eigenvalue weighted by Crippen LogP contribution is -2.27. The Hall–Kier alpha value is -0.780. The molecule has 3 atom stereocenters. The average Bonchev–Trinajstić information content (AvgIpc) is 2.58. The largest absolute Gasteiger partial charge is 0.0654 e. The molecule has 1 fully saturated rings. The Morgan fingerprint density at radius 1 is 1.00 bits per heavy atom. The summed E-state index contributed by atoms with van der Waals surface area (Å²) in [4.78, 5) is 0. The maximum atomic E-state index is 2.54. The van der Waals surface area contributed by atoms with E-state index in [9.17, 15) is 0 Å². The normalized spacial score (nSPS) is 23.8. The minimum atomic E-state index is 0.291. The van der Waals surface area contributed by atoms with E-state index in [0.717, 1.165) is 23.7 Å². The Morgan fingerprint density at radius 2 is 1.63 bits per heavy atom. The summed E-state index contributed by atoms with van der Waals surface area (Å²) in [5.74, 6) is 3.27. The highest BCUT2D eigenvalue weighted by Gasteiger charge is 2.34. The number of hydrogen-bond acceptors (Lipinski definition) is 0. The number of aryl methyl sites for hydroxylation is 2. The van der Waals surface area contributed by atoms with Gasteiger partial charge in [-0.25, -0.2) is 0 Å². The van der Waals surface area contributed by atoms with Gasteiger partial charge in [-0.3, -0.25) is 0 Å². The van der Waals surface area contributed by atoms with Gasteiger partial charge in [0.1, 0.15) is 0 Å². The summed E-state index contributed by atoms with van der Waals surface area (Å²) in [5, 5.41) is 0. The van der Waals surface area contributed by atoms with E-state index in [1.807, 2.05) is 0 Å². The van der Waals surface area contributed by atoms with Gasteiger partial charge in [-0.1, -0.05) is 85.8 Å². The molecule has 0 spiro atoms. The Kier molecular flexibility index (Phi) is 8.02. The van der Waals surface area contributed by atoms with E-state index in [2.05, 4.69) is 67.5 Å². The molecule has 1 aliphatic rings. The first-order valence-corrected chi connectivity index (χ1v) is 11.8. The van der Waals surface area contributed by atoms with Crippen LogP contribution in [0, 0.1) is 31.6 Å². The van der Waals surface area contributed by atoms with Crippen LogP contribution in [0.4, 0.5) is 0 Å². The van der Waals surface area contributed by atoms with Crippen molar-refractivity contribution in [2.45, 2.75) is 118 Å². The molecule has 2 rings (SSSR count). The number of benzene rings is 1. The van der Waals surface area contributed by atoms with E-state index in [1.54, 1.807) is 22.3 Å². The van der Waals surface area contributed by atoms with E-state index < -0.39 is 0 Å². The molecule has 27 heavy (non-hydrogen) atoms. The molecule has 1 aromatic rings. The number of hydrogen-bond donors (Lipinski definition) is 0. The van der Waals surface area contributed by atoms with Crippen molar-refractivity contribution in [2.24, 2.45) is 17.8 Å². The second kappa shape index (κ2) is 9.62. The lowest BCUT2D eigenvalue weighted by Gasteiger charge is -2.39. The lowest BCUT2D eigenvalue weighted by atomic mass is 9.65. The molecule has 0 aliphatic heterocycles.